The van der Waals surface area contributed by atoms with Crippen molar-refractivity contribution in [3.63, 3.8) is 0 Å². The van der Waals surface area contributed by atoms with E-state index in [0.717, 1.165) is 18.9 Å². The molecule has 0 bridgehead atoms. The third-order valence-corrected chi connectivity index (χ3v) is 5.62. The van der Waals surface area contributed by atoms with E-state index >= 15 is 0 Å². The highest BCUT2D eigenvalue weighted by atomic mass is 32.1. The smallest absolute Gasteiger partial charge is 0.0962 e. The van der Waals surface area contributed by atoms with Crippen molar-refractivity contribution in [3.05, 3.63) is 15.6 Å². The summed E-state index contributed by atoms with van der Waals surface area (Å²) in [6.07, 6.45) is 10.8. The molecule has 2 rings (SSSR count). The van der Waals surface area contributed by atoms with Gasteiger partial charge >= 0.3 is 0 Å². The Morgan fingerprint density at radius 3 is 2.29 bits per heavy atom. The highest BCUT2D eigenvalue weighted by Gasteiger charge is 2.20. The number of hydrogen-bond donors (Lipinski definition) is 1. The van der Waals surface area contributed by atoms with E-state index in [2.05, 4.69) is 33.0 Å². The topological polar surface area (TPSA) is 24.9 Å². The van der Waals surface area contributed by atoms with Gasteiger partial charge in [0.05, 0.1) is 10.7 Å². The van der Waals surface area contributed by atoms with Gasteiger partial charge in [0.1, 0.15) is 0 Å². The predicted molar refractivity (Wildman–Crippen MR) is 93.1 cm³/mol. The normalized spacial score (nSPS) is 18.5. The molecule has 2 nitrogen and oxygen atoms in total. The Morgan fingerprint density at radius 2 is 1.71 bits per heavy atom. The van der Waals surface area contributed by atoms with E-state index in [4.69, 9.17) is 4.98 Å². The number of rotatable bonds is 4. The van der Waals surface area contributed by atoms with Crippen molar-refractivity contribution in [2.45, 2.75) is 97.1 Å². The van der Waals surface area contributed by atoms with Gasteiger partial charge < -0.3 is 5.32 Å². The maximum atomic E-state index is 5.00. The zero-order valence-electron chi connectivity index (χ0n) is 14.3. The summed E-state index contributed by atoms with van der Waals surface area (Å²) in [7, 11) is 0. The van der Waals surface area contributed by atoms with Crippen LogP contribution in [0.15, 0.2) is 0 Å². The Bertz CT molecular complexity index is 423. The molecular weight excluding hydrogens is 276 g/mol. The summed E-state index contributed by atoms with van der Waals surface area (Å²) in [5.41, 5.74) is 1.50. The first-order valence-corrected chi connectivity index (χ1v) is 9.54. The summed E-state index contributed by atoms with van der Waals surface area (Å²) in [5, 5.41) is 5.04. The molecule has 1 saturated carbocycles. The van der Waals surface area contributed by atoms with Gasteiger partial charge in [0.15, 0.2) is 0 Å². The third-order valence-electron chi connectivity index (χ3n) is 4.36. The van der Waals surface area contributed by atoms with Crippen molar-refractivity contribution >= 4 is 11.3 Å². The van der Waals surface area contributed by atoms with Crippen molar-refractivity contribution in [1.82, 2.24) is 10.3 Å². The Balaban J connectivity index is 2.07. The molecule has 0 atom stereocenters. The van der Waals surface area contributed by atoms with Crippen LogP contribution in [-0.4, -0.2) is 10.5 Å². The van der Waals surface area contributed by atoms with Crippen molar-refractivity contribution in [1.29, 1.82) is 0 Å². The molecule has 0 aliphatic heterocycles. The van der Waals surface area contributed by atoms with Gasteiger partial charge in [-0.25, -0.2) is 4.98 Å². The fourth-order valence-electron chi connectivity index (χ4n) is 3.04. The molecule has 21 heavy (non-hydrogen) atoms. The molecule has 1 aromatic heterocycles. The largest absolute Gasteiger partial charge is 0.307 e. The summed E-state index contributed by atoms with van der Waals surface area (Å²) >= 11 is 1.97. The lowest BCUT2D eigenvalue weighted by Crippen LogP contribution is -2.35. The highest BCUT2D eigenvalue weighted by Crippen LogP contribution is 2.34. The van der Waals surface area contributed by atoms with Crippen LogP contribution in [0, 0.1) is 0 Å². The lowest BCUT2D eigenvalue weighted by molar-refractivity contribution is 0.425. The Kier molecular flexibility index (Phi) is 6.24. The lowest BCUT2D eigenvalue weighted by atomic mass is 9.92. The van der Waals surface area contributed by atoms with Crippen LogP contribution in [0.3, 0.4) is 0 Å². The molecule has 1 heterocycles. The SMILES string of the molecule is CCc1nc(C2CCCCCCC2)sc1CNC(C)(C)C. The van der Waals surface area contributed by atoms with Gasteiger partial charge in [-0.05, 0) is 40.0 Å². The number of nitrogens with zero attached hydrogens (tertiary/aromatic N) is 1. The molecule has 1 aliphatic carbocycles. The zero-order valence-corrected chi connectivity index (χ0v) is 15.1. The standard InChI is InChI=1S/C18H32N2S/c1-5-15-16(13-19-18(2,3)4)21-17(20-15)14-11-9-7-6-8-10-12-14/h14,19H,5-13H2,1-4H3. The molecule has 0 saturated heterocycles. The highest BCUT2D eigenvalue weighted by molar-refractivity contribution is 7.11. The predicted octanol–water partition coefficient (Wildman–Crippen LogP) is 5.42. The zero-order chi connectivity index (χ0) is 15.3. The number of thiazole rings is 1. The lowest BCUT2D eigenvalue weighted by Gasteiger charge is -2.20. The molecule has 1 N–H and O–H groups in total. The fraction of sp³-hybridized carbons (Fsp3) is 0.833. The second-order valence-corrected chi connectivity index (χ2v) is 8.54. The van der Waals surface area contributed by atoms with Crippen LogP contribution in [0.5, 0.6) is 0 Å². The van der Waals surface area contributed by atoms with Crippen molar-refractivity contribution in [2.24, 2.45) is 0 Å². The summed E-state index contributed by atoms with van der Waals surface area (Å²) in [4.78, 5) is 6.47. The second-order valence-electron chi connectivity index (χ2n) is 7.42. The molecule has 120 valence electrons. The number of aromatic nitrogens is 1. The number of nitrogens with one attached hydrogen (secondary N) is 1. The van der Waals surface area contributed by atoms with Gasteiger partial charge in [0, 0.05) is 22.9 Å². The van der Waals surface area contributed by atoms with E-state index in [9.17, 15) is 0 Å². The maximum Gasteiger partial charge on any atom is 0.0962 e. The van der Waals surface area contributed by atoms with Crippen LogP contribution in [0.1, 0.15) is 94.1 Å². The summed E-state index contributed by atoms with van der Waals surface area (Å²) in [5.74, 6) is 0.726. The maximum absolute atomic E-state index is 5.00. The van der Waals surface area contributed by atoms with Gasteiger partial charge in [0.25, 0.3) is 0 Å². The summed E-state index contributed by atoms with van der Waals surface area (Å²) in [6.45, 7) is 9.90. The van der Waals surface area contributed by atoms with Gasteiger partial charge in [0.2, 0.25) is 0 Å². The molecule has 0 amide bonds. The van der Waals surface area contributed by atoms with Crippen LogP contribution in [-0.2, 0) is 13.0 Å². The molecule has 0 spiro atoms. The van der Waals surface area contributed by atoms with Crippen LogP contribution >= 0.6 is 11.3 Å². The van der Waals surface area contributed by atoms with E-state index in [1.807, 2.05) is 11.3 Å². The molecule has 0 unspecified atom stereocenters. The Morgan fingerprint density at radius 1 is 1.10 bits per heavy atom. The Labute approximate surface area is 134 Å². The monoisotopic (exact) mass is 308 g/mol. The van der Waals surface area contributed by atoms with Crippen LogP contribution in [0.25, 0.3) is 0 Å². The fourth-order valence-corrected chi connectivity index (χ4v) is 4.30. The van der Waals surface area contributed by atoms with E-state index in [0.29, 0.717) is 0 Å². The van der Waals surface area contributed by atoms with E-state index in [1.165, 1.54) is 60.5 Å². The average Bonchev–Trinajstić information content (AvgIpc) is 2.78. The van der Waals surface area contributed by atoms with Crippen molar-refractivity contribution in [3.8, 4) is 0 Å². The molecule has 0 radical (unpaired) electrons. The minimum absolute atomic E-state index is 0.176. The van der Waals surface area contributed by atoms with Crippen LogP contribution in [0.2, 0.25) is 0 Å². The first-order chi connectivity index (χ1) is 9.99. The first-order valence-electron chi connectivity index (χ1n) is 8.73. The molecule has 1 fully saturated rings. The second kappa shape index (κ2) is 7.73. The average molecular weight is 309 g/mol. The summed E-state index contributed by atoms with van der Waals surface area (Å²) in [6, 6.07) is 0. The molecular formula is C18H32N2S. The van der Waals surface area contributed by atoms with E-state index in [-0.39, 0.29) is 5.54 Å². The summed E-state index contributed by atoms with van der Waals surface area (Å²) < 4.78 is 0. The van der Waals surface area contributed by atoms with E-state index in [1.54, 1.807) is 0 Å². The van der Waals surface area contributed by atoms with Gasteiger partial charge in [-0.2, -0.15) is 0 Å². The van der Waals surface area contributed by atoms with Crippen molar-refractivity contribution < 1.29 is 0 Å². The van der Waals surface area contributed by atoms with Gasteiger partial charge in [-0.3, -0.25) is 0 Å². The Hall–Kier alpha value is -0.410. The molecule has 1 aliphatic rings. The van der Waals surface area contributed by atoms with Gasteiger partial charge in [-0.1, -0.05) is 39.0 Å². The van der Waals surface area contributed by atoms with Crippen LogP contribution in [0.4, 0.5) is 0 Å². The first kappa shape index (κ1) is 17.0. The number of hydrogen-bond acceptors (Lipinski definition) is 3. The minimum atomic E-state index is 0.176. The molecule has 0 aromatic carbocycles. The quantitative estimate of drug-likeness (QED) is 0.803. The van der Waals surface area contributed by atoms with Crippen molar-refractivity contribution in [2.75, 3.05) is 0 Å². The number of aryl methyl sites for hydroxylation is 1. The molecule has 1 aromatic rings. The van der Waals surface area contributed by atoms with Crippen LogP contribution < -0.4 is 5.32 Å². The molecule has 3 heteroatoms. The third kappa shape index (κ3) is 5.37. The van der Waals surface area contributed by atoms with Gasteiger partial charge in [-0.15, -0.1) is 11.3 Å². The minimum Gasteiger partial charge on any atom is -0.307 e. The van der Waals surface area contributed by atoms with E-state index < -0.39 is 0 Å².